The first-order valence-electron chi connectivity index (χ1n) is 5.12. The summed E-state index contributed by atoms with van der Waals surface area (Å²) < 4.78 is 0. The molecular weight excluding hydrogens is 174 g/mol. The largest absolute Gasteiger partial charge is 0.311 e. The van der Waals surface area contributed by atoms with Crippen molar-refractivity contribution in [1.82, 2.24) is 15.3 Å². The van der Waals surface area contributed by atoms with E-state index >= 15 is 0 Å². The van der Waals surface area contributed by atoms with Gasteiger partial charge >= 0.3 is 0 Å². The molecule has 0 radical (unpaired) electrons. The minimum atomic E-state index is 0.443. The van der Waals surface area contributed by atoms with E-state index in [1.54, 1.807) is 6.33 Å². The van der Waals surface area contributed by atoms with Crippen molar-refractivity contribution in [3.8, 4) is 0 Å². The Morgan fingerprint density at radius 2 is 1.64 bits per heavy atom. The second-order valence-electron chi connectivity index (χ2n) is 4.07. The first-order chi connectivity index (χ1) is 6.61. The molecule has 1 rings (SSSR count). The summed E-state index contributed by atoms with van der Waals surface area (Å²) in [6.45, 7) is 8.70. The molecule has 3 heteroatoms. The van der Waals surface area contributed by atoms with Crippen molar-refractivity contribution >= 4 is 0 Å². The number of hydrogen-bond donors (Lipinski definition) is 1. The van der Waals surface area contributed by atoms with Gasteiger partial charge in [-0.25, -0.2) is 9.97 Å². The van der Waals surface area contributed by atoms with Gasteiger partial charge in [-0.05, 0) is 18.4 Å². The standard InChI is InChI=1S/C11H19N3/c1-8(2)14-10(4)9(3)11-5-12-7-13-6-11/h5-10,14H,1-4H3. The summed E-state index contributed by atoms with van der Waals surface area (Å²) in [4.78, 5) is 8.06. The van der Waals surface area contributed by atoms with E-state index < -0.39 is 0 Å². The lowest BCUT2D eigenvalue weighted by molar-refractivity contribution is 0.438. The van der Waals surface area contributed by atoms with Gasteiger partial charge in [-0.15, -0.1) is 0 Å². The first-order valence-corrected chi connectivity index (χ1v) is 5.12. The van der Waals surface area contributed by atoms with E-state index in [1.807, 2.05) is 12.4 Å². The van der Waals surface area contributed by atoms with Gasteiger partial charge in [0.1, 0.15) is 6.33 Å². The quantitative estimate of drug-likeness (QED) is 0.794. The van der Waals surface area contributed by atoms with Crippen molar-refractivity contribution in [1.29, 1.82) is 0 Å². The summed E-state index contributed by atoms with van der Waals surface area (Å²) in [5.41, 5.74) is 1.19. The van der Waals surface area contributed by atoms with Crippen LogP contribution in [0, 0.1) is 0 Å². The third kappa shape index (κ3) is 3.07. The van der Waals surface area contributed by atoms with Crippen molar-refractivity contribution in [2.75, 3.05) is 0 Å². The Balaban J connectivity index is 2.61. The zero-order chi connectivity index (χ0) is 10.6. The van der Waals surface area contributed by atoms with Gasteiger partial charge in [-0.3, -0.25) is 0 Å². The molecule has 0 aliphatic heterocycles. The molecule has 0 aliphatic rings. The van der Waals surface area contributed by atoms with Gasteiger partial charge in [0, 0.05) is 24.5 Å². The van der Waals surface area contributed by atoms with Crippen LogP contribution < -0.4 is 5.32 Å². The van der Waals surface area contributed by atoms with E-state index in [2.05, 4.69) is 43.0 Å². The molecule has 0 saturated heterocycles. The Kier molecular flexibility index (Phi) is 4.01. The topological polar surface area (TPSA) is 37.8 Å². The van der Waals surface area contributed by atoms with Gasteiger partial charge in [-0.2, -0.15) is 0 Å². The SMILES string of the molecule is CC(C)NC(C)C(C)c1cncnc1. The van der Waals surface area contributed by atoms with Crippen LogP contribution in [0.5, 0.6) is 0 Å². The van der Waals surface area contributed by atoms with Gasteiger partial charge in [0.05, 0.1) is 0 Å². The lowest BCUT2D eigenvalue weighted by Crippen LogP contribution is -2.36. The van der Waals surface area contributed by atoms with Gasteiger partial charge in [-0.1, -0.05) is 20.8 Å². The van der Waals surface area contributed by atoms with Crippen molar-refractivity contribution in [3.63, 3.8) is 0 Å². The van der Waals surface area contributed by atoms with Crippen LogP contribution in [0.4, 0.5) is 0 Å². The van der Waals surface area contributed by atoms with Crippen molar-refractivity contribution in [2.24, 2.45) is 0 Å². The lowest BCUT2D eigenvalue weighted by Gasteiger charge is -2.23. The van der Waals surface area contributed by atoms with Crippen LogP contribution >= 0.6 is 0 Å². The molecule has 0 fully saturated rings. The van der Waals surface area contributed by atoms with E-state index in [0.29, 0.717) is 18.0 Å². The minimum Gasteiger partial charge on any atom is -0.311 e. The molecule has 14 heavy (non-hydrogen) atoms. The third-order valence-corrected chi connectivity index (χ3v) is 2.45. The fourth-order valence-corrected chi connectivity index (χ4v) is 1.50. The first kappa shape index (κ1) is 11.1. The molecule has 0 spiro atoms. The third-order valence-electron chi connectivity index (χ3n) is 2.45. The molecule has 0 aliphatic carbocycles. The molecule has 1 heterocycles. The Labute approximate surface area is 86.0 Å². The summed E-state index contributed by atoms with van der Waals surface area (Å²) in [6, 6.07) is 0.957. The van der Waals surface area contributed by atoms with E-state index in [4.69, 9.17) is 0 Å². The van der Waals surface area contributed by atoms with Crippen LogP contribution in [0.15, 0.2) is 18.7 Å². The zero-order valence-electron chi connectivity index (χ0n) is 9.36. The number of nitrogens with one attached hydrogen (secondary N) is 1. The highest BCUT2D eigenvalue weighted by Gasteiger charge is 2.14. The van der Waals surface area contributed by atoms with Crippen molar-refractivity contribution in [3.05, 3.63) is 24.3 Å². The molecule has 3 nitrogen and oxygen atoms in total. The molecule has 1 aromatic rings. The van der Waals surface area contributed by atoms with Crippen molar-refractivity contribution in [2.45, 2.75) is 45.7 Å². The second-order valence-corrected chi connectivity index (χ2v) is 4.07. The molecule has 0 saturated carbocycles. The Hall–Kier alpha value is -0.960. The molecule has 1 N–H and O–H groups in total. The molecule has 0 bridgehead atoms. The summed E-state index contributed by atoms with van der Waals surface area (Å²) in [7, 11) is 0. The van der Waals surface area contributed by atoms with E-state index in [0.717, 1.165) is 0 Å². The summed E-state index contributed by atoms with van der Waals surface area (Å²) in [5.74, 6) is 0.443. The fraction of sp³-hybridized carbons (Fsp3) is 0.636. The van der Waals surface area contributed by atoms with E-state index in [9.17, 15) is 0 Å². The Morgan fingerprint density at radius 1 is 1.07 bits per heavy atom. The predicted octanol–water partition coefficient (Wildman–Crippen LogP) is 1.97. The molecule has 78 valence electrons. The molecule has 0 aromatic carbocycles. The van der Waals surface area contributed by atoms with Gasteiger partial charge in [0.25, 0.3) is 0 Å². The summed E-state index contributed by atoms with van der Waals surface area (Å²) >= 11 is 0. The maximum Gasteiger partial charge on any atom is 0.115 e. The van der Waals surface area contributed by atoms with Gasteiger partial charge in [0.15, 0.2) is 0 Å². The summed E-state index contributed by atoms with van der Waals surface area (Å²) in [6.07, 6.45) is 5.34. The molecule has 2 unspecified atom stereocenters. The lowest BCUT2D eigenvalue weighted by atomic mass is 9.96. The Bertz CT molecular complexity index is 258. The van der Waals surface area contributed by atoms with Crippen molar-refractivity contribution < 1.29 is 0 Å². The fourth-order valence-electron chi connectivity index (χ4n) is 1.50. The Morgan fingerprint density at radius 3 is 2.14 bits per heavy atom. The smallest absolute Gasteiger partial charge is 0.115 e. The van der Waals surface area contributed by atoms with E-state index in [1.165, 1.54) is 5.56 Å². The maximum atomic E-state index is 4.03. The molecule has 0 amide bonds. The van der Waals surface area contributed by atoms with Crippen LogP contribution in [0.3, 0.4) is 0 Å². The normalized spacial score (nSPS) is 15.5. The molecule has 2 atom stereocenters. The number of aromatic nitrogens is 2. The number of nitrogens with zero attached hydrogens (tertiary/aromatic N) is 2. The van der Waals surface area contributed by atoms with Crippen LogP contribution in [0.25, 0.3) is 0 Å². The monoisotopic (exact) mass is 193 g/mol. The highest BCUT2D eigenvalue weighted by atomic mass is 14.9. The molecular formula is C11H19N3. The summed E-state index contributed by atoms with van der Waals surface area (Å²) in [5, 5.41) is 3.49. The van der Waals surface area contributed by atoms with Crippen LogP contribution in [0.2, 0.25) is 0 Å². The van der Waals surface area contributed by atoms with Crippen LogP contribution in [-0.2, 0) is 0 Å². The minimum absolute atomic E-state index is 0.443. The van der Waals surface area contributed by atoms with Gasteiger partial charge < -0.3 is 5.32 Å². The van der Waals surface area contributed by atoms with Crippen LogP contribution in [-0.4, -0.2) is 22.1 Å². The highest BCUT2D eigenvalue weighted by molar-refractivity contribution is 5.11. The second kappa shape index (κ2) is 5.05. The van der Waals surface area contributed by atoms with Crippen LogP contribution in [0.1, 0.15) is 39.2 Å². The number of rotatable bonds is 4. The average molecular weight is 193 g/mol. The average Bonchev–Trinajstić information content (AvgIpc) is 2.17. The number of hydrogen-bond acceptors (Lipinski definition) is 3. The predicted molar refractivity (Wildman–Crippen MR) is 58.2 cm³/mol. The zero-order valence-corrected chi connectivity index (χ0v) is 9.36. The molecule has 1 aromatic heterocycles. The highest BCUT2D eigenvalue weighted by Crippen LogP contribution is 2.17. The van der Waals surface area contributed by atoms with Gasteiger partial charge in [0.2, 0.25) is 0 Å². The van der Waals surface area contributed by atoms with E-state index in [-0.39, 0.29) is 0 Å². The maximum absolute atomic E-state index is 4.03.